The molecule has 126 valence electrons. The van der Waals surface area contributed by atoms with Gasteiger partial charge in [0.2, 0.25) is 0 Å². The highest BCUT2D eigenvalue weighted by Crippen LogP contribution is 2.27. The van der Waals surface area contributed by atoms with Crippen molar-refractivity contribution in [3.05, 3.63) is 51.6 Å². The quantitative estimate of drug-likeness (QED) is 0.746. The molecule has 1 aromatic carbocycles. The summed E-state index contributed by atoms with van der Waals surface area (Å²) in [5, 5.41) is 5.54. The number of hydrogen-bond donors (Lipinski definition) is 1. The van der Waals surface area contributed by atoms with Gasteiger partial charge in [-0.15, -0.1) is 0 Å². The second kappa shape index (κ2) is 7.74. The first-order valence-electron chi connectivity index (χ1n) is 7.40. The predicted octanol–water partition coefficient (Wildman–Crippen LogP) is 4.56. The lowest BCUT2D eigenvalue weighted by Crippen LogP contribution is -2.50. The first kappa shape index (κ1) is 17.5. The molecule has 0 aliphatic carbocycles. The van der Waals surface area contributed by atoms with Crippen molar-refractivity contribution in [2.45, 2.75) is 0 Å². The molecule has 1 N–H and O–H groups in total. The third-order valence-corrected chi connectivity index (χ3v) is 5.13. The molecule has 0 spiro atoms. The fourth-order valence-corrected chi connectivity index (χ4v) is 3.25. The summed E-state index contributed by atoms with van der Waals surface area (Å²) in [6.45, 7) is 3.32. The minimum atomic E-state index is 0.568. The minimum Gasteiger partial charge on any atom is -0.368 e. The van der Waals surface area contributed by atoms with Crippen LogP contribution in [0.4, 0.5) is 11.5 Å². The molecule has 0 unspecified atom stereocenters. The van der Waals surface area contributed by atoms with Gasteiger partial charge in [0.1, 0.15) is 5.82 Å². The molecule has 0 radical (unpaired) electrons. The monoisotopic (exact) mass is 400 g/mol. The standard InChI is InChI=1S/C16H15Cl3N4S/c17-11-3-4-20-15(9-11)21-16(24)23-7-5-22(6-8-23)12-1-2-13(18)14(19)10-12/h1-4,9-10H,5-8H2,(H,20,21,24). The Hall–Kier alpha value is -1.27. The molecule has 8 heteroatoms. The number of hydrogen-bond acceptors (Lipinski definition) is 3. The summed E-state index contributed by atoms with van der Waals surface area (Å²) >= 11 is 23.5. The van der Waals surface area contributed by atoms with E-state index in [1.165, 1.54) is 0 Å². The summed E-state index contributed by atoms with van der Waals surface area (Å²) in [4.78, 5) is 8.59. The number of benzene rings is 1. The van der Waals surface area contributed by atoms with Crippen LogP contribution in [0.5, 0.6) is 0 Å². The van der Waals surface area contributed by atoms with E-state index in [0.717, 1.165) is 31.9 Å². The van der Waals surface area contributed by atoms with Gasteiger partial charge in [0.25, 0.3) is 0 Å². The van der Waals surface area contributed by atoms with Crippen molar-refractivity contribution in [2.24, 2.45) is 0 Å². The molecule has 1 aliphatic rings. The van der Waals surface area contributed by atoms with Crippen LogP contribution in [0.3, 0.4) is 0 Å². The van der Waals surface area contributed by atoms with Crippen LogP contribution in [-0.4, -0.2) is 41.2 Å². The Bertz CT molecular complexity index is 748. The van der Waals surface area contributed by atoms with Gasteiger partial charge in [0.15, 0.2) is 5.11 Å². The molecule has 2 heterocycles. The molecule has 0 atom stereocenters. The van der Waals surface area contributed by atoms with Crippen LogP contribution in [0.15, 0.2) is 36.5 Å². The van der Waals surface area contributed by atoms with Gasteiger partial charge in [0, 0.05) is 43.1 Å². The van der Waals surface area contributed by atoms with E-state index in [1.807, 2.05) is 18.2 Å². The summed E-state index contributed by atoms with van der Waals surface area (Å²) < 4.78 is 0. The van der Waals surface area contributed by atoms with Crippen molar-refractivity contribution in [3.8, 4) is 0 Å². The molecule has 1 fully saturated rings. The lowest BCUT2D eigenvalue weighted by atomic mass is 10.2. The van der Waals surface area contributed by atoms with E-state index >= 15 is 0 Å². The summed E-state index contributed by atoms with van der Waals surface area (Å²) in [7, 11) is 0. The highest BCUT2D eigenvalue weighted by molar-refractivity contribution is 7.80. The molecule has 3 rings (SSSR count). The molecule has 4 nitrogen and oxygen atoms in total. The topological polar surface area (TPSA) is 31.4 Å². The van der Waals surface area contributed by atoms with E-state index in [1.54, 1.807) is 18.3 Å². The van der Waals surface area contributed by atoms with Gasteiger partial charge >= 0.3 is 0 Å². The van der Waals surface area contributed by atoms with Crippen LogP contribution in [0.25, 0.3) is 0 Å². The zero-order chi connectivity index (χ0) is 17.1. The first-order valence-corrected chi connectivity index (χ1v) is 8.94. The molecule has 24 heavy (non-hydrogen) atoms. The highest BCUT2D eigenvalue weighted by atomic mass is 35.5. The molecule has 0 amide bonds. The Morgan fingerprint density at radius 3 is 2.42 bits per heavy atom. The van der Waals surface area contributed by atoms with Gasteiger partial charge in [-0.3, -0.25) is 0 Å². The summed E-state index contributed by atoms with van der Waals surface area (Å²) in [5.41, 5.74) is 1.07. The minimum absolute atomic E-state index is 0.568. The van der Waals surface area contributed by atoms with Gasteiger partial charge in [-0.05, 0) is 42.5 Å². The normalized spacial score (nSPS) is 14.6. The smallest absolute Gasteiger partial charge is 0.174 e. The number of halogens is 3. The molecule has 2 aromatic rings. The zero-order valence-electron chi connectivity index (χ0n) is 12.7. The number of nitrogens with one attached hydrogen (secondary N) is 1. The number of rotatable bonds is 2. The zero-order valence-corrected chi connectivity index (χ0v) is 15.8. The van der Waals surface area contributed by atoms with Crippen LogP contribution in [0.2, 0.25) is 15.1 Å². The first-order chi connectivity index (χ1) is 11.5. The second-order valence-electron chi connectivity index (χ2n) is 5.36. The molecule has 1 aliphatic heterocycles. The Labute approximate surface area is 161 Å². The van der Waals surface area contributed by atoms with E-state index in [-0.39, 0.29) is 0 Å². The molecule has 1 saturated heterocycles. The van der Waals surface area contributed by atoms with Crippen molar-refractivity contribution < 1.29 is 0 Å². The number of nitrogens with zero attached hydrogens (tertiary/aromatic N) is 3. The van der Waals surface area contributed by atoms with E-state index < -0.39 is 0 Å². The maximum atomic E-state index is 6.10. The van der Waals surface area contributed by atoms with Crippen molar-refractivity contribution in [2.75, 3.05) is 36.4 Å². The Balaban J connectivity index is 1.58. The number of pyridine rings is 1. The van der Waals surface area contributed by atoms with Gasteiger partial charge in [-0.1, -0.05) is 34.8 Å². The fourth-order valence-electron chi connectivity index (χ4n) is 2.51. The van der Waals surface area contributed by atoms with Crippen LogP contribution in [-0.2, 0) is 0 Å². The van der Waals surface area contributed by atoms with Crippen molar-refractivity contribution in [1.29, 1.82) is 0 Å². The highest BCUT2D eigenvalue weighted by Gasteiger charge is 2.20. The van der Waals surface area contributed by atoms with Gasteiger partial charge in [0.05, 0.1) is 10.0 Å². The lowest BCUT2D eigenvalue weighted by Gasteiger charge is -2.37. The number of thiocarbonyl (C=S) groups is 1. The third-order valence-electron chi connectivity index (χ3n) is 3.79. The van der Waals surface area contributed by atoms with Crippen molar-refractivity contribution in [3.63, 3.8) is 0 Å². The van der Waals surface area contributed by atoms with Crippen LogP contribution in [0.1, 0.15) is 0 Å². The summed E-state index contributed by atoms with van der Waals surface area (Å²) in [6.07, 6.45) is 1.65. The predicted molar refractivity (Wildman–Crippen MR) is 106 cm³/mol. The van der Waals surface area contributed by atoms with Gasteiger partial charge in [-0.2, -0.15) is 0 Å². The Kier molecular flexibility index (Phi) is 5.66. The van der Waals surface area contributed by atoms with Gasteiger partial charge < -0.3 is 15.1 Å². The van der Waals surface area contributed by atoms with Gasteiger partial charge in [-0.25, -0.2) is 4.98 Å². The average Bonchev–Trinajstić information content (AvgIpc) is 2.57. The second-order valence-corrected chi connectivity index (χ2v) is 7.00. The third kappa shape index (κ3) is 4.22. The molecular weight excluding hydrogens is 387 g/mol. The number of aromatic nitrogens is 1. The van der Waals surface area contributed by atoms with E-state index in [4.69, 9.17) is 47.0 Å². The van der Waals surface area contributed by atoms with E-state index in [9.17, 15) is 0 Å². The van der Waals surface area contributed by atoms with Crippen molar-refractivity contribution in [1.82, 2.24) is 9.88 Å². The SMILES string of the molecule is S=C(Nc1cc(Cl)ccn1)N1CCN(c2ccc(Cl)c(Cl)c2)CC1. The number of anilines is 2. The largest absolute Gasteiger partial charge is 0.368 e. The maximum Gasteiger partial charge on any atom is 0.174 e. The van der Waals surface area contributed by atoms with E-state index in [0.29, 0.717) is 26.0 Å². The molecule has 1 aromatic heterocycles. The van der Waals surface area contributed by atoms with Crippen LogP contribution < -0.4 is 10.2 Å². The van der Waals surface area contributed by atoms with E-state index in [2.05, 4.69) is 20.1 Å². The van der Waals surface area contributed by atoms with Crippen molar-refractivity contribution >= 4 is 63.6 Å². The molecular formula is C16H15Cl3N4S. The summed E-state index contributed by atoms with van der Waals surface area (Å²) in [5.74, 6) is 0.652. The lowest BCUT2D eigenvalue weighted by molar-refractivity contribution is 0.391. The summed E-state index contributed by atoms with van der Waals surface area (Å²) in [6, 6.07) is 9.18. The molecule has 0 bridgehead atoms. The van der Waals surface area contributed by atoms with Crippen LogP contribution >= 0.6 is 47.0 Å². The van der Waals surface area contributed by atoms with Crippen LogP contribution in [0, 0.1) is 0 Å². The Morgan fingerprint density at radius 2 is 1.75 bits per heavy atom. The number of piperazine rings is 1. The average molecular weight is 402 g/mol. The molecule has 0 saturated carbocycles. The Morgan fingerprint density at radius 1 is 1.00 bits per heavy atom. The fraction of sp³-hybridized carbons (Fsp3) is 0.250. The maximum absolute atomic E-state index is 6.10.